The van der Waals surface area contributed by atoms with E-state index < -0.39 is 12.0 Å². The molecular formula is C12H16ClNO3. The highest BCUT2D eigenvalue weighted by atomic mass is 35.5. The summed E-state index contributed by atoms with van der Waals surface area (Å²) in [4.78, 5) is 10.6. The normalized spacial score (nSPS) is 12.2. The van der Waals surface area contributed by atoms with Crippen molar-refractivity contribution in [3.8, 4) is 5.75 Å². The van der Waals surface area contributed by atoms with Crippen LogP contribution in [0.25, 0.3) is 0 Å². The van der Waals surface area contributed by atoms with E-state index in [0.29, 0.717) is 11.4 Å². The van der Waals surface area contributed by atoms with Crippen LogP contribution in [0.2, 0.25) is 5.02 Å². The number of methoxy groups -OCH3 is 1. The number of aryl methyl sites for hydroxylation is 1. The summed E-state index contributed by atoms with van der Waals surface area (Å²) in [6.45, 7) is 1.89. The van der Waals surface area contributed by atoms with E-state index in [1.165, 1.54) is 0 Å². The number of carbonyl (C=O) groups is 1. The van der Waals surface area contributed by atoms with Crippen molar-refractivity contribution in [2.45, 2.75) is 25.8 Å². The maximum Gasteiger partial charge on any atom is 0.304 e. The number of benzene rings is 1. The van der Waals surface area contributed by atoms with Crippen LogP contribution in [0.15, 0.2) is 12.1 Å². The molecule has 1 unspecified atom stereocenters. The Labute approximate surface area is 105 Å². The van der Waals surface area contributed by atoms with E-state index in [1.54, 1.807) is 19.2 Å². The largest absolute Gasteiger partial charge is 0.496 e. The van der Waals surface area contributed by atoms with Gasteiger partial charge in [0.15, 0.2) is 0 Å². The maximum atomic E-state index is 10.6. The molecule has 0 aliphatic heterocycles. The molecule has 94 valence electrons. The molecule has 3 N–H and O–H groups in total. The lowest BCUT2D eigenvalue weighted by Crippen LogP contribution is -2.26. The summed E-state index contributed by atoms with van der Waals surface area (Å²) in [6, 6.07) is 3.11. The SMILES string of the molecule is COc1c(C)cc(Cl)cc1CC(N)CC(=O)O. The number of rotatable bonds is 5. The van der Waals surface area contributed by atoms with Gasteiger partial charge in [-0.05, 0) is 36.6 Å². The fourth-order valence-electron chi connectivity index (χ4n) is 1.82. The molecule has 0 heterocycles. The van der Waals surface area contributed by atoms with Gasteiger partial charge >= 0.3 is 5.97 Å². The molecule has 5 heteroatoms. The molecule has 0 fully saturated rings. The first kappa shape index (κ1) is 13.8. The lowest BCUT2D eigenvalue weighted by atomic mass is 10.0. The summed E-state index contributed by atoms with van der Waals surface area (Å²) in [6.07, 6.45) is 0.353. The van der Waals surface area contributed by atoms with Gasteiger partial charge in [0.2, 0.25) is 0 Å². The lowest BCUT2D eigenvalue weighted by Gasteiger charge is -2.15. The van der Waals surface area contributed by atoms with Gasteiger partial charge in [-0.1, -0.05) is 11.6 Å². The third-order valence-electron chi connectivity index (χ3n) is 2.44. The Balaban J connectivity index is 2.92. The number of hydrogen-bond donors (Lipinski definition) is 2. The van der Waals surface area contributed by atoms with E-state index in [9.17, 15) is 4.79 Å². The van der Waals surface area contributed by atoms with Crippen LogP contribution in [0.5, 0.6) is 5.75 Å². The Bertz CT molecular complexity index is 420. The average Bonchev–Trinajstić information content (AvgIpc) is 2.15. The van der Waals surface area contributed by atoms with E-state index in [4.69, 9.17) is 27.2 Å². The number of halogens is 1. The van der Waals surface area contributed by atoms with Crippen molar-refractivity contribution in [2.24, 2.45) is 5.73 Å². The van der Waals surface area contributed by atoms with E-state index in [2.05, 4.69) is 0 Å². The van der Waals surface area contributed by atoms with Crippen molar-refractivity contribution in [3.05, 3.63) is 28.3 Å². The summed E-state index contributed by atoms with van der Waals surface area (Å²) in [7, 11) is 1.57. The van der Waals surface area contributed by atoms with Crippen LogP contribution in [-0.2, 0) is 11.2 Å². The van der Waals surface area contributed by atoms with Crippen molar-refractivity contribution >= 4 is 17.6 Å². The smallest absolute Gasteiger partial charge is 0.304 e. The Morgan fingerprint density at radius 1 is 1.59 bits per heavy atom. The minimum Gasteiger partial charge on any atom is -0.496 e. The van der Waals surface area contributed by atoms with Gasteiger partial charge in [-0.2, -0.15) is 0 Å². The zero-order valence-electron chi connectivity index (χ0n) is 9.87. The standard InChI is InChI=1S/C12H16ClNO3/c1-7-3-9(13)4-8(12(7)17-2)5-10(14)6-11(15)16/h3-4,10H,5-6,14H2,1-2H3,(H,15,16). The molecule has 0 radical (unpaired) electrons. The molecule has 17 heavy (non-hydrogen) atoms. The second kappa shape index (κ2) is 5.89. The molecule has 0 amide bonds. The summed E-state index contributed by atoms with van der Waals surface area (Å²) in [5.41, 5.74) is 7.50. The summed E-state index contributed by atoms with van der Waals surface area (Å²) >= 11 is 5.96. The molecule has 0 bridgehead atoms. The Morgan fingerprint density at radius 2 is 2.24 bits per heavy atom. The van der Waals surface area contributed by atoms with Crippen LogP contribution in [-0.4, -0.2) is 24.2 Å². The first-order valence-corrected chi connectivity index (χ1v) is 5.62. The number of carboxylic acids is 1. The predicted octanol–water partition coefficient (Wildman–Crippen LogP) is 2.00. The fraction of sp³-hybridized carbons (Fsp3) is 0.417. The molecule has 1 atom stereocenters. The van der Waals surface area contributed by atoms with Crippen LogP contribution in [0, 0.1) is 6.92 Å². The molecular weight excluding hydrogens is 242 g/mol. The Morgan fingerprint density at radius 3 is 2.76 bits per heavy atom. The van der Waals surface area contributed by atoms with Crippen molar-refractivity contribution < 1.29 is 14.6 Å². The second-order valence-corrected chi connectivity index (χ2v) is 4.41. The highest BCUT2D eigenvalue weighted by Crippen LogP contribution is 2.28. The number of carboxylic acid groups (broad SMARTS) is 1. The number of ether oxygens (including phenoxy) is 1. The maximum absolute atomic E-state index is 10.6. The van der Waals surface area contributed by atoms with Crippen LogP contribution < -0.4 is 10.5 Å². The van der Waals surface area contributed by atoms with Gasteiger partial charge < -0.3 is 15.6 Å². The Kier molecular flexibility index (Phi) is 4.78. The molecule has 0 aliphatic carbocycles. The average molecular weight is 258 g/mol. The van der Waals surface area contributed by atoms with Crippen molar-refractivity contribution in [1.29, 1.82) is 0 Å². The minimum atomic E-state index is -0.907. The quantitative estimate of drug-likeness (QED) is 0.846. The fourth-order valence-corrected chi connectivity index (χ4v) is 2.12. The van der Waals surface area contributed by atoms with Gasteiger partial charge in [-0.25, -0.2) is 0 Å². The van der Waals surface area contributed by atoms with E-state index >= 15 is 0 Å². The van der Waals surface area contributed by atoms with Crippen LogP contribution in [0.1, 0.15) is 17.5 Å². The first-order chi connectivity index (χ1) is 7.93. The topological polar surface area (TPSA) is 72.5 Å². The molecule has 0 aliphatic rings. The molecule has 1 aromatic carbocycles. The molecule has 0 spiro atoms. The summed E-state index contributed by atoms with van der Waals surface area (Å²) in [5.74, 6) is -0.189. The van der Waals surface area contributed by atoms with Gasteiger partial charge in [-0.15, -0.1) is 0 Å². The molecule has 1 aromatic rings. The highest BCUT2D eigenvalue weighted by Gasteiger charge is 2.14. The number of nitrogens with two attached hydrogens (primary N) is 1. The van der Waals surface area contributed by atoms with E-state index in [-0.39, 0.29) is 6.42 Å². The van der Waals surface area contributed by atoms with E-state index in [1.807, 2.05) is 6.92 Å². The zero-order valence-corrected chi connectivity index (χ0v) is 10.6. The zero-order chi connectivity index (χ0) is 13.0. The predicted molar refractivity (Wildman–Crippen MR) is 66.7 cm³/mol. The van der Waals surface area contributed by atoms with Crippen molar-refractivity contribution in [2.75, 3.05) is 7.11 Å². The van der Waals surface area contributed by atoms with Gasteiger partial charge in [-0.3, -0.25) is 4.79 Å². The first-order valence-electron chi connectivity index (χ1n) is 5.24. The van der Waals surface area contributed by atoms with Crippen LogP contribution in [0.4, 0.5) is 0 Å². The van der Waals surface area contributed by atoms with E-state index in [0.717, 1.165) is 16.9 Å². The molecule has 0 aromatic heterocycles. The third kappa shape index (κ3) is 3.91. The number of hydrogen-bond acceptors (Lipinski definition) is 3. The van der Waals surface area contributed by atoms with Gasteiger partial charge in [0, 0.05) is 11.1 Å². The van der Waals surface area contributed by atoms with Gasteiger partial charge in [0.1, 0.15) is 5.75 Å². The molecule has 0 saturated carbocycles. The molecule has 1 rings (SSSR count). The summed E-state index contributed by atoms with van der Waals surface area (Å²) in [5, 5.41) is 9.26. The molecule has 0 saturated heterocycles. The van der Waals surface area contributed by atoms with Crippen LogP contribution in [0.3, 0.4) is 0 Å². The van der Waals surface area contributed by atoms with Crippen LogP contribution >= 0.6 is 11.6 Å². The highest BCUT2D eigenvalue weighted by molar-refractivity contribution is 6.30. The van der Waals surface area contributed by atoms with Gasteiger partial charge in [0.25, 0.3) is 0 Å². The number of aliphatic carboxylic acids is 1. The second-order valence-electron chi connectivity index (χ2n) is 3.98. The van der Waals surface area contributed by atoms with Crippen molar-refractivity contribution in [3.63, 3.8) is 0 Å². The van der Waals surface area contributed by atoms with Crippen molar-refractivity contribution in [1.82, 2.24) is 0 Å². The summed E-state index contributed by atoms with van der Waals surface area (Å²) < 4.78 is 5.28. The lowest BCUT2D eigenvalue weighted by molar-refractivity contribution is -0.137. The monoisotopic (exact) mass is 257 g/mol. The third-order valence-corrected chi connectivity index (χ3v) is 2.66. The molecule has 4 nitrogen and oxygen atoms in total. The Hall–Kier alpha value is -1.26. The minimum absolute atomic E-state index is 0.0747. The van der Waals surface area contributed by atoms with Gasteiger partial charge in [0.05, 0.1) is 13.5 Å².